The lowest BCUT2D eigenvalue weighted by molar-refractivity contribution is -0.153. The van der Waals surface area contributed by atoms with Gasteiger partial charge in [-0.3, -0.25) is 4.79 Å². The summed E-state index contributed by atoms with van der Waals surface area (Å²) in [4.78, 5) is 22.5. The van der Waals surface area contributed by atoms with Crippen LogP contribution in [-0.4, -0.2) is 25.2 Å². The zero-order chi connectivity index (χ0) is 13.3. The lowest BCUT2D eigenvalue weighted by atomic mass is 9.85. The normalized spacial score (nSPS) is 25.5. The highest BCUT2D eigenvalue weighted by Crippen LogP contribution is 2.67. The summed E-state index contributed by atoms with van der Waals surface area (Å²) in [5.41, 5.74) is 4.56. The molecule has 0 bridgehead atoms. The van der Waals surface area contributed by atoms with Crippen molar-refractivity contribution in [3.8, 4) is 0 Å². The Balaban J connectivity index is 2.45. The number of primary amides is 1. The van der Waals surface area contributed by atoms with Crippen molar-refractivity contribution in [2.24, 2.45) is 22.5 Å². The number of nitrogens with two attached hydrogens (primary N) is 1. The van der Waals surface area contributed by atoms with Gasteiger partial charge in [-0.15, -0.1) is 0 Å². The Hall–Kier alpha value is -1.26. The molecule has 1 aliphatic carbocycles. The van der Waals surface area contributed by atoms with E-state index in [-0.39, 0.29) is 35.9 Å². The van der Waals surface area contributed by atoms with Gasteiger partial charge in [0, 0.05) is 0 Å². The number of urea groups is 1. The third-order valence-corrected chi connectivity index (χ3v) is 3.79. The van der Waals surface area contributed by atoms with E-state index in [0.717, 1.165) is 6.42 Å². The van der Waals surface area contributed by atoms with Gasteiger partial charge < -0.3 is 15.8 Å². The molecule has 98 valence electrons. The molecule has 0 heterocycles. The predicted octanol–water partition coefficient (Wildman–Crippen LogP) is 1.27. The molecule has 1 fully saturated rings. The third kappa shape index (κ3) is 2.53. The second kappa shape index (κ2) is 4.55. The standard InChI is InChI=1S/C12H22N2O3/c1-8(2)12(7-11(12,3)4)9(15)17-6-5-14-10(13)16/h8H,5-7H2,1-4H3,(H3,13,14,16). The Morgan fingerprint density at radius 1 is 1.41 bits per heavy atom. The highest BCUT2D eigenvalue weighted by atomic mass is 16.5. The minimum absolute atomic E-state index is 0.00929. The smallest absolute Gasteiger partial charge is 0.312 e. The van der Waals surface area contributed by atoms with Crippen LogP contribution in [0.4, 0.5) is 4.79 Å². The maximum Gasteiger partial charge on any atom is 0.312 e. The fourth-order valence-corrected chi connectivity index (χ4v) is 2.67. The van der Waals surface area contributed by atoms with Gasteiger partial charge in [0.25, 0.3) is 0 Å². The first-order valence-electron chi connectivity index (χ1n) is 5.94. The summed E-state index contributed by atoms with van der Waals surface area (Å²) in [5.74, 6) is 0.0953. The second-order valence-electron chi connectivity index (χ2n) is 5.61. The Labute approximate surface area is 102 Å². The average Bonchev–Trinajstić information content (AvgIpc) is 2.77. The van der Waals surface area contributed by atoms with E-state index in [1.54, 1.807) is 0 Å². The van der Waals surface area contributed by atoms with Crippen molar-refractivity contribution in [1.82, 2.24) is 5.32 Å². The van der Waals surface area contributed by atoms with Gasteiger partial charge in [0.1, 0.15) is 6.61 Å². The van der Waals surface area contributed by atoms with Crippen molar-refractivity contribution in [2.45, 2.75) is 34.1 Å². The van der Waals surface area contributed by atoms with Crippen LogP contribution >= 0.6 is 0 Å². The first-order valence-corrected chi connectivity index (χ1v) is 5.94. The van der Waals surface area contributed by atoms with Gasteiger partial charge in [-0.2, -0.15) is 0 Å². The molecule has 3 N–H and O–H groups in total. The molecule has 0 saturated heterocycles. The minimum Gasteiger partial charge on any atom is -0.463 e. The summed E-state index contributed by atoms with van der Waals surface area (Å²) in [6.45, 7) is 8.67. The van der Waals surface area contributed by atoms with E-state index in [0.29, 0.717) is 0 Å². The minimum atomic E-state index is -0.605. The number of hydrogen-bond donors (Lipinski definition) is 2. The van der Waals surface area contributed by atoms with Crippen molar-refractivity contribution in [1.29, 1.82) is 0 Å². The molecule has 1 atom stereocenters. The van der Waals surface area contributed by atoms with Gasteiger partial charge in [-0.1, -0.05) is 27.7 Å². The molecule has 1 aliphatic rings. The summed E-state index contributed by atoms with van der Waals surface area (Å²) in [7, 11) is 0. The molecule has 0 radical (unpaired) electrons. The Kier molecular flexibility index (Phi) is 3.69. The summed E-state index contributed by atoms with van der Waals surface area (Å²) < 4.78 is 5.21. The fraction of sp³-hybridized carbons (Fsp3) is 0.833. The molecular formula is C12H22N2O3. The molecule has 0 aliphatic heterocycles. The van der Waals surface area contributed by atoms with Gasteiger partial charge in [0.05, 0.1) is 12.0 Å². The summed E-state index contributed by atoms with van der Waals surface area (Å²) in [6.07, 6.45) is 0.861. The van der Waals surface area contributed by atoms with E-state index in [1.807, 2.05) is 13.8 Å². The van der Waals surface area contributed by atoms with Crippen molar-refractivity contribution in [3.63, 3.8) is 0 Å². The molecule has 0 spiro atoms. The molecular weight excluding hydrogens is 220 g/mol. The van der Waals surface area contributed by atoms with Gasteiger partial charge in [0.2, 0.25) is 0 Å². The Morgan fingerprint density at radius 2 is 1.94 bits per heavy atom. The molecule has 0 aromatic heterocycles. The van der Waals surface area contributed by atoms with Gasteiger partial charge in [0.15, 0.2) is 0 Å². The number of nitrogens with one attached hydrogen (secondary N) is 1. The van der Waals surface area contributed by atoms with E-state index < -0.39 is 6.03 Å². The molecule has 2 amide bonds. The molecule has 17 heavy (non-hydrogen) atoms. The molecule has 1 rings (SSSR count). The van der Waals surface area contributed by atoms with Crippen molar-refractivity contribution in [2.75, 3.05) is 13.2 Å². The van der Waals surface area contributed by atoms with E-state index >= 15 is 0 Å². The molecule has 0 aromatic carbocycles. The van der Waals surface area contributed by atoms with Crippen LogP contribution in [0.2, 0.25) is 0 Å². The Bertz CT molecular complexity index is 326. The van der Waals surface area contributed by atoms with Gasteiger partial charge >= 0.3 is 12.0 Å². The van der Waals surface area contributed by atoms with E-state index in [4.69, 9.17) is 10.5 Å². The highest BCUT2D eigenvalue weighted by molar-refractivity contribution is 5.82. The zero-order valence-electron chi connectivity index (χ0n) is 11.0. The van der Waals surface area contributed by atoms with Crippen LogP contribution in [0.5, 0.6) is 0 Å². The molecule has 5 nitrogen and oxygen atoms in total. The van der Waals surface area contributed by atoms with Gasteiger partial charge in [-0.05, 0) is 17.8 Å². The van der Waals surface area contributed by atoms with Crippen LogP contribution in [0.3, 0.4) is 0 Å². The van der Waals surface area contributed by atoms with Gasteiger partial charge in [-0.25, -0.2) is 4.79 Å². The number of hydrogen-bond acceptors (Lipinski definition) is 3. The molecule has 1 saturated carbocycles. The van der Waals surface area contributed by atoms with Crippen LogP contribution < -0.4 is 11.1 Å². The van der Waals surface area contributed by atoms with Crippen LogP contribution in [0, 0.1) is 16.7 Å². The molecule has 5 heteroatoms. The number of ether oxygens (including phenoxy) is 1. The largest absolute Gasteiger partial charge is 0.463 e. The number of carbonyl (C=O) groups is 2. The first-order chi connectivity index (χ1) is 7.74. The van der Waals surface area contributed by atoms with Crippen LogP contribution in [0.15, 0.2) is 0 Å². The van der Waals surface area contributed by atoms with E-state index in [9.17, 15) is 9.59 Å². The number of carbonyl (C=O) groups excluding carboxylic acids is 2. The number of esters is 1. The molecule has 0 aromatic rings. The maximum atomic E-state index is 12.1. The highest BCUT2D eigenvalue weighted by Gasteiger charge is 2.68. The SMILES string of the molecule is CC(C)C1(C(=O)OCCNC(N)=O)CC1(C)C. The quantitative estimate of drug-likeness (QED) is 0.562. The van der Waals surface area contributed by atoms with Crippen molar-refractivity contribution >= 4 is 12.0 Å². The third-order valence-electron chi connectivity index (χ3n) is 3.79. The van der Waals surface area contributed by atoms with Crippen LogP contribution in [0.25, 0.3) is 0 Å². The maximum absolute atomic E-state index is 12.1. The topological polar surface area (TPSA) is 81.4 Å². The Morgan fingerprint density at radius 3 is 2.29 bits per heavy atom. The summed E-state index contributed by atoms with van der Waals surface area (Å²) in [5, 5.41) is 2.38. The molecule has 1 unspecified atom stereocenters. The summed E-state index contributed by atoms with van der Waals surface area (Å²) >= 11 is 0. The van der Waals surface area contributed by atoms with Crippen LogP contribution in [-0.2, 0) is 9.53 Å². The predicted molar refractivity (Wildman–Crippen MR) is 64.2 cm³/mol. The number of amides is 2. The van der Waals surface area contributed by atoms with E-state index in [2.05, 4.69) is 19.2 Å². The lowest BCUT2D eigenvalue weighted by Gasteiger charge is -2.22. The lowest BCUT2D eigenvalue weighted by Crippen LogP contribution is -2.35. The summed E-state index contributed by atoms with van der Waals surface area (Å²) in [6, 6.07) is -0.605. The van der Waals surface area contributed by atoms with Crippen molar-refractivity contribution in [3.05, 3.63) is 0 Å². The second-order valence-corrected chi connectivity index (χ2v) is 5.61. The van der Waals surface area contributed by atoms with Crippen molar-refractivity contribution < 1.29 is 14.3 Å². The average molecular weight is 242 g/mol. The zero-order valence-corrected chi connectivity index (χ0v) is 11.0. The number of rotatable bonds is 5. The monoisotopic (exact) mass is 242 g/mol. The fourth-order valence-electron chi connectivity index (χ4n) is 2.67. The van der Waals surface area contributed by atoms with Crippen LogP contribution in [0.1, 0.15) is 34.1 Å². The first kappa shape index (κ1) is 13.8. The van der Waals surface area contributed by atoms with E-state index in [1.165, 1.54) is 0 Å².